The molecule has 0 fully saturated rings. The molecule has 0 aromatic heterocycles. The number of nitrogens with zero attached hydrogens (tertiary/aromatic N) is 1. The fourth-order valence-electron chi connectivity index (χ4n) is 0.908. The Labute approximate surface area is 104 Å². The third-order valence-electron chi connectivity index (χ3n) is 1.62. The van der Waals surface area contributed by atoms with Crippen LogP contribution in [0.25, 0.3) is 0 Å². The van der Waals surface area contributed by atoms with Crippen LogP contribution in [0.4, 0.5) is 0 Å². The number of amides is 1. The standard InChI is InChI=1S/C8H13Cl4NO/c1-6(14)13(4-7(11)2-9)5-8(12)3-10/h7-8H,2-5H2,1H3. The Hall–Kier alpha value is 0.630. The zero-order chi connectivity index (χ0) is 11.1. The zero-order valence-electron chi connectivity index (χ0n) is 7.85. The first kappa shape index (κ1) is 14.6. The Kier molecular flexibility index (Phi) is 8.22. The van der Waals surface area contributed by atoms with Gasteiger partial charge in [0.2, 0.25) is 5.91 Å². The smallest absolute Gasteiger partial charge is 0.219 e. The fourth-order valence-corrected chi connectivity index (χ4v) is 1.44. The van der Waals surface area contributed by atoms with E-state index >= 15 is 0 Å². The summed E-state index contributed by atoms with van der Waals surface area (Å²) in [7, 11) is 0. The van der Waals surface area contributed by atoms with E-state index in [0.717, 1.165) is 0 Å². The summed E-state index contributed by atoms with van der Waals surface area (Å²) in [6.45, 7) is 2.27. The van der Waals surface area contributed by atoms with Gasteiger partial charge >= 0.3 is 0 Å². The molecule has 0 saturated heterocycles. The minimum Gasteiger partial charge on any atom is -0.340 e. The van der Waals surface area contributed by atoms with Gasteiger partial charge in [-0.3, -0.25) is 4.79 Å². The maximum atomic E-state index is 11.2. The van der Waals surface area contributed by atoms with Gasteiger partial charge in [-0.15, -0.1) is 46.4 Å². The summed E-state index contributed by atoms with van der Waals surface area (Å²) in [4.78, 5) is 12.7. The lowest BCUT2D eigenvalue weighted by molar-refractivity contribution is -0.128. The molecule has 0 saturated carbocycles. The molecular weight excluding hydrogens is 268 g/mol. The molecule has 0 aromatic rings. The molecule has 0 aliphatic carbocycles. The fraction of sp³-hybridized carbons (Fsp3) is 0.875. The number of rotatable bonds is 6. The van der Waals surface area contributed by atoms with Gasteiger partial charge in [0.15, 0.2) is 0 Å². The van der Waals surface area contributed by atoms with Crippen LogP contribution in [0.15, 0.2) is 0 Å². The molecular formula is C8H13Cl4NO. The third kappa shape index (κ3) is 6.18. The third-order valence-corrected chi connectivity index (χ3v) is 3.26. The molecule has 0 heterocycles. The van der Waals surface area contributed by atoms with Crippen molar-refractivity contribution in [2.45, 2.75) is 17.7 Å². The lowest BCUT2D eigenvalue weighted by Gasteiger charge is -2.24. The van der Waals surface area contributed by atoms with E-state index in [2.05, 4.69) is 0 Å². The number of hydrogen-bond acceptors (Lipinski definition) is 1. The first-order valence-electron chi connectivity index (χ1n) is 4.16. The lowest BCUT2D eigenvalue weighted by atomic mass is 10.3. The summed E-state index contributed by atoms with van der Waals surface area (Å²) < 4.78 is 0. The molecule has 0 aliphatic heterocycles. The predicted octanol–water partition coefficient (Wildman–Crippen LogP) is 2.53. The molecule has 84 valence electrons. The molecule has 6 heteroatoms. The Bertz CT molecular complexity index is 167. The van der Waals surface area contributed by atoms with Crippen LogP contribution in [-0.2, 0) is 4.79 Å². The van der Waals surface area contributed by atoms with Gasteiger partial charge in [-0.05, 0) is 0 Å². The van der Waals surface area contributed by atoms with Crippen LogP contribution in [-0.4, -0.2) is 46.4 Å². The van der Waals surface area contributed by atoms with Crippen molar-refractivity contribution in [3.8, 4) is 0 Å². The van der Waals surface area contributed by atoms with Gasteiger partial charge in [0, 0.05) is 31.8 Å². The van der Waals surface area contributed by atoms with Crippen molar-refractivity contribution < 1.29 is 4.79 Å². The molecule has 0 bridgehead atoms. The summed E-state index contributed by atoms with van der Waals surface area (Å²) in [6.07, 6.45) is 0. The van der Waals surface area contributed by atoms with E-state index in [1.807, 2.05) is 0 Å². The minimum absolute atomic E-state index is 0.0727. The minimum atomic E-state index is -0.250. The van der Waals surface area contributed by atoms with Gasteiger partial charge < -0.3 is 4.90 Å². The summed E-state index contributed by atoms with van der Waals surface area (Å²) in [6, 6.07) is 0. The number of hydrogen-bond donors (Lipinski definition) is 0. The molecule has 1 amide bonds. The van der Waals surface area contributed by atoms with Gasteiger partial charge in [-0.1, -0.05) is 0 Å². The number of halogens is 4. The molecule has 0 aromatic carbocycles. The Morgan fingerprint density at radius 2 is 1.50 bits per heavy atom. The first-order valence-corrected chi connectivity index (χ1v) is 6.11. The van der Waals surface area contributed by atoms with Crippen molar-refractivity contribution in [3.05, 3.63) is 0 Å². The maximum absolute atomic E-state index is 11.2. The Balaban J connectivity index is 4.09. The van der Waals surface area contributed by atoms with E-state index in [-0.39, 0.29) is 16.7 Å². The van der Waals surface area contributed by atoms with Gasteiger partial charge in [0.25, 0.3) is 0 Å². The highest BCUT2D eigenvalue weighted by Gasteiger charge is 2.16. The van der Waals surface area contributed by atoms with Crippen molar-refractivity contribution >= 4 is 52.3 Å². The van der Waals surface area contributed by atoms with Crippen LogP contribution in [0, 0.1) is 0 Å². The number of carbonyl (C=O) groups excluding carboxylic acids is 1. The monoisotopic (exact) mass is 279 g/mol. The Morgan fingerprint density at radius 1 is 1.14 bits per heavy atom. The largest absolute Gasteiger partial charge is 0.340 e. The van der Waals surface area contributed by atoms with Crippen molar-refractivity contribution in [1.29, 1.82) is 0 Å². The van der Waals surface area contributed by atoms with Crippen molar-refractivity contribution in [1.82, 2.24) is 4.90 Å². The number of alkyl halides is 4. The summed E-state index contributed by atoms with van der Waals surface area (Å²) >= 11 is 22.7. The topological polar surface area (TPSA) is 20.3 Å². The number of carbonyl (C=O) groups is 1. The van der Waals surface area contributed by atoms with E-state index in [4.69, 9.17) is 46.4 Å². The molecule has 0 spiro atoms. The van der Waals surface area contributed by atoms with Crippen molar-refractivity contribution in [3.63, 3.8) is 0 Å². The van der Waals surface area contributed by atoms with Crippen LogP contribution in [0.5, 0.6) is 0 Å². The zero-order valence-corrected chi connectivity index (χ0v) is 10.9. The molecule has 14 heavy (non-hydrogen) atoms. The molecule has 2 unspecified atom stereocenters. The van der Waals surface area contributed by atoms with Crippen LogP contribution >= 0.6 is 46.4 Å². The molecule has 0 N–H and O–H groups in total. The molecule has 2 atom stereocenters. The van der Waals surface area contributed by atoms with Crippen molar-refractivity contribution in [2.75, 3.05) is 24.8 Å². The average molecular weight is 281 g/mol. The first-order chi connectivity index (χ1) is 6.51. The van der Waals surface area contributed by atoms with Crippen molar-refractivity contribution in [2.24, 2.45) is 0 Å². The van der Waals surface area contributed by atoms with Crippen LogP contribution in [0.3, 0.4) is 0 Å². The molecule has 0 radical (unpaired) electrons. The average Bonchev–Trinajstić information content (AvgIpc) is 2.16. The van der Waals surface area contributed by atoms with E-state index in [0.29, 0.717) is 24.8 Å². The van der Waals surface area contributed by atoms with Gasteiger partial charge in [0.1, 0.15) is 0 Å². The van der Waals surface area contributed by atoms with Gasteiger partial charge in [0.05, 0.1) is 10.8 Å². The van der Waals surface area contributed by atoms with E-state index in [9.17, 15) is 4.79 Å². The molecule has 0 aliphatic rings. The van der Waals surface area contributed by atoms with Crippen LogP contribution in [0.1, 0.15) is 6.92 Å². The Morgan fingerprint density at radius 3 is 1.71 bits per heavy atom. The summed E-state index contributed by atoms with van der Waals surface area (Å²) in [5.41, 5.74) is 0. The molecule has 0 rings (SSSR count). The lowest BCUT2D eigenvalue weighted by Crippen LogP contribution is -2.39. The van der Waals surface area contributed by atoms with Gasteiger partial charge in [-0.25, -0.2) is 0 Å². The molecule has 2 nitrogen and oxygen atoms in total. The van der Waals surface area contributed by atoms with Crippen LogP contribution < -0.4 is 0 Å². The van der Waals surface area contributed by atoms with E-state index in [1.165, 1.54) is 6.92 Å². The highest BCUT2D eigenvalue weighted by Crippen LogP contribution is 2.07. The SMILES string of the molecule is CC(=O)N(CC(Cl)CCl)CC(Cl)CCl. The quantitative estimate of drug-likeness (QED) is 0.685. The second-order valence-corrected chi connectivity index (χ2v) is 4.78. The van der Waals surface area contributed by atoms with E-state index < -0.39 is 0 Å². The van der Waals surface area contributed by atoms with Crippen LogP contribution in [0.2, 0.25) is 0 Å². The van der Waals surface area contributed by atoms with Gasteiger partial charge in [-0.2, -0.15) is 0 Å². The van der Waals surface area contributed by atoms with E-state index in [1.54, 1.807) is 4.90 Å². The second kappa shape index (κ2) is 7.86. The summed E-state index contributed by atoms with van der Waals surface area (Å²) in [5.74, 6) is 0.537. The highest BCUT2D eigenvalue weighted by molar-refractivity contribution is 6.28. The highest BCUT2D eigenvalue weighted by atomic mass is 35.5. The summed E-state index contributed by atoms with van der Waals surface area (Å²) in [5, 5.41) is -0.500. The normalized spacial score (nSPS) is 14.9. The predicted molar refractivity (Wildman–Crippen MR) is 63.0 cm³/mol. The second-order valence-electron chi connectivity index (χ2n) is 2.93. The maximum Gasteiger partial charge on any atom is 0.219 e.